The number of nitrogens with one attached hydrogen (secondary N) is 2. The van der Waals surface area contributed by atoms with E-state index < -0.39 is 0 Å². The first-order valence-corrected chi connectivity index (χ1v) is 9.84. The van der Waals surface area contributed by atoms with Crippen molar-refractivity contribution in [3.63, 3.8) is 0 Å². The van der Waals surface area contributed by atoms with Gasteiger partial charge in [0, 0.05) is 24.4 Å². The zero-order chi connectivity index (χ0) is 19.0. The molecular formula is C19H21N5O2S. The molecule has 3 aromatic rings. The van der Waals surface area contributed by atoms with E-state index >= 15 is 0 Å². The van der Waals surface area contributed by atoms with E-state index in [-0.39, 0.29) is 5.91 Å². The summed E-state index contributed by atoms with van der Waals surface area (Å²) in [7, 11) is 0. The number of benzene rings is 1. The van der Waals surface area contributed by atoms with Gasteiger partial charge < -0.3 is 9.88 Å². The van der Waals surface area contributed by atoms with Crippen LogP contribution in [0.5, 0.6) is 0 Å². The van der Waals surface area contributed by atoms with Gasteiger partial charge in [-0.15, -0.1) is 11.3 Å². The van der Waals surface area contributed by atoms with Crippen molar-refractivity contribution in [2.24, 2.45) is 0 Å². The Morgan fingerprint density at radius 1 is 1.26 bits per heavy atom. The van der Waals surface area contributed by atoms with E-state index in [1.807, 2.05) is 26.0 Å². The Morgan fingerprint density at radius 2 is 2.00 bits per heavy atom. The van der Waals surface area contributed by atoms with Crippen molar-refractivity contribution in [1.82, 2.24) is 19.9 Å². The second-order valence-corrected chi connectivity index (χ2v) is 7.87. The number of anilines is 1. The third kappa shape index (κ3) is 3.57. The third-order valence-corrected chi connectivity index (χ3v) is 6.12. The summed E-state index contributed by atoms with van der Waals surface area (Å²) in [5, 5.41) is 5.55. The van der Waals surface area contributed by atoms with Crippen LogP contribution in [-0.4, -0.2) is 45.3 Å². The van der Waals surface area contributed by atoms with Crippen LogP contribution in [0, 0.1) is 13.8 Å². The van der Waals surface area contributed by atoms with Gasteiger partial charge in [0.25, 0.3) is 5.91 Å². The predicted octanol–water partition coefficient (Wildman–Crippen LogP) is 3.22. The van der Waals surface area contributed by atoms with Gasteiger partial charge in [0.2, 0.25) is 12.4 Å². The Hall–Kier alpha value is -2.74. The first-order chi connectivity index (χ1) is 13.0. The fraction of sp³-hybridized carbons (Fsp3) is 0.368. The van der Waals surface area contributed by atoms with Crippen LogP contribution in [0.3, 0.4) is 0 Å². The van der Waals surface area contributed by atoms with Crippen molar-refractivity contribution in [3.8, 4) is 0 Å². The van der Waals surface area contributed by atoms with Crippen LogP contribution >= 0.6 is 11.3 Å². The van der Waals surface area contributed by atoms with Crippen molar-refractivity contribution in [3.05, 3.63) is 39.3 Å². The highest BCUT2D eigenvalue weighted by Gasteiger charge is 2.23. The number of aryl methyl sites for hydroxylation is 2. The molecule has 4 rings (SSSR count). The summed E-state index contributed by atoms with van der Waals surface area (Å²) >= 11 is 1.50. The minimum absolute atomic E-state index is 0.268. The van der Waals surface area contributed by atoms with Gasteiger partial charge in [0.15, 0.2) is 0 Å². The van der Waals surface area contributed by atoms with Crippen molar-refractivity contribution in [1.29, 1.82) is 0 Å². The molecule has 140 valence electrons. The van der Waals surface area contributed by atoms with E-state index in [2.05, 4.69) is 20.3 Å². The highest BCUT2D eigenvalue weighted by Crippen LogP contribution is 2.30. The van der Waals surface area contributed by atoms with Crippen LogP contribution in [0.2, 0.25) is 0 Å². The lowest BCUT2D eigenvalue weighted by Gasteiger charge is -2.27. The molecule has 0 saturated carbocycles. The normalized spacial score (nSPS) is 15.3. The number of aromatic amines is 1. The Kier molecular flexibility index (Phi) is 4.65. The van der Waals surface area contributed by atoms with E-state index in [0.717, 1.165) is 53.9 Å². The number of imidazole rings is 1. The summed E-state index contributed by atoms with van der Waals surface area (Å²) in [6, 6.07) is 4.03. The minimum Gasteiger partial charge on any atom is -0.345 e. The molecular weight excluding hydrogens is 362 g/mol. The largest absolute Gasteiger partial charge is 0.345 e. The summed E-state index contributed by atoms with van der Waals surface area (Å²) in [6.45, 7) is 5.57. The number of fused-ring (bicyclic) bond motifs is 1. The zero-order valence-electron chi connectivity index (χ0n) is 15.3. The summed E-state index contributed by atoms with van der Waals surface area (Å²) in [5.74, 6) is 0.467. The Balaban J connectivity index is 1.46. The van der Waals surface area contributed by atoms with Crippen LogP contribution in [0.15, 0.2) is 17.5 Å². The lowest BCUT2D eigenvalue weighted by atomic mass is 9.98. The molecule has 2 amide bonds. The number of hydrogen-bond donors (Lipinski definition) is 2. The lowest BCUT2D eigenvalue weighted by molar-refractivity contribution is -0.119. The van der Waals surface area contributed by atoms with Gasteiger partial charge >= 0.3 is 0 Å². The molecule has 0 unspecified atom stereocenters. The molecule has 0 spiro atoms. The van der Waals surface area contributed by atoms with Gasteiger partial charge in [-0.05, 0) is 49.9 Å². The lowest BCUT2D eigenvalue weighted by Crippen LogP contribution is -2.31. The summed E-state index contributed by atoms with van der Waals surface area (Å²) in [5.41, 5.74) is 4.47. The van der Waals surface area contributed by atoms with Crippen LogP contribution in [0.4, 0.5) is 5.95 Å². The molecule has 1 aliphatic rings. The quantitative estimate of drug-likeness (QED) is 0.677. The fourth-order valence-corrected chi connectivity index (χ4v) is 4.30. The average molecular weight is 383 g/mol. The minimum atomic E-state index is -0.268. The molecule has 1 saturated heterocycles. The molecule has 0 atom stereocenters. The smallest absolute Gasteiger partial charge is 0.277 e. The van der Waals surface area contributed by atoms with Gasteiger partial charge in [0.05, 0.1) is 16.0 Å². The number of H-pyrrole nitrogens is 1. The van der Waals surface area contributed by atoms with E-state index in [0.29, 0.717) is 17.6 Å². The van der Waals surface area contributed by atoms with Crippen molar-refractivity contribution >= 4 is 40.6 Å². The molecule has 0 aliphatic carbocycles. The van der Waals surface area contributed by atoms with Gasteiger partial charge in [0.1, 0.15) is 5.69 Å². The highest BCUT2D eigenvalue weighted by molar-refractivity contribution is 7.10. The van der Waals surface area contributed by atoms with Gasteiger partial charge in [-0.2, -0.15) is 0 Å². The van der Waals surface area contributed by atoms with Gasteiger partial charge in [-0.25, -0.2) is 9.97 Å². The number of amides is 2. The van der Waals surface area contributed by atoms with E-state index in [1.54, 1.807) is 10.3 Å². The Morgan fingerprint density at radius 3 is 2.74 bits per heavy atom. The van der Waals surface area contributed by atoms with Crippen molar-refractivity contribution in [2.75, 3.05) is 18.4 Å². The zero-order valence-corrected chi connectivity index (χ0v) is 16.1. The number of carbonyl (C=O) groups excluding carboxylic acids is 2. The molecule has 8 heteroatoms. The number of aromatic nitrogens is 3. The summed E-state index contributed by atoms with van der Waals surface area (Å²) < 4.78 is 0. The SMILES string of the molecule is Cc1cc2nc(NC(=O)c3csc(C4CCN(C=O)CC4)n3)[nH]c2cc1C. The molecule has 0 bridgehead atoms. The predicted molar refractivity (Wildman–Crippen MR) is 105 cm³/mol. The maximum Gasteiger partial charge on any atom is 0.277 e. The molecule has 1 fully saturated rings. The summed E-state index contributed by atoms with van der Waals surface area (Å²) in [6.07, 6.45) is 2.67. The third-order valence-electron chi connectivity index (χ3n) is 5.11. The maximum absolute atomic E-state index is 12.5. The molecule has 0 radical (unpaired) electrons. The van der Waals surface area contributed by atoms with Crippen molar-refractivity contribution < 1.29 is 9.59 Å². The van der Waals surface area contributed by atoms with Crippen molar-refractivity contribution in [2.45, 2.75) is 32.6 Å². The number of thiazole rings is 1. The first kappa shape index (κ1) is 17.7. The first-order valence-electron chi connectivity index (χ1n) is 8.96. The van der Waals surface area contributed by atoms with Crippen LogP contribution in [-0.2, 0) is 4.79 Å². The van der Waals surface area contributed by atoms with Crippen LogP contribution < -0.4 is 5.32 Å². The van der Waals surface area contributed by atoms with E-state index in [4.69, 9.17) is 0 Å². The average Bonchev–Trinajstić information content (AvgIpc) is 3.29. The maximum atomic E-state index is 12.5. The fourth-order valence-electron chi connectivity index (χ4n) is 3.33. The molecule has 3 heterocycles. The monoisotopic (exact) mass is 383 g/mol. The molecule has 7 nitrogen and oxygen atoms in total. The molecule has 1 aromatic carbocycles. The molecule has 2 N–H and O–H groups in total. The summed E-state index contributed by atoms with van der Waals surface area (Å²) in [4.78, 5) is 37.2. The Bertz CT molecular complexity index is 962. The topological polar surface area (TPSA) is 91.0 Å². The van der Waals surface area contributed by atoms with Crippen LogP contribution in [0.25, 0.3) is 11.0 Å². The van der Waals surface area contributed by atoms with E-state index in [1.165, 1.54) is 16.9 Å². The number of carbonyl (C=O) groups is 2. The number of piperidine rings is 1. The van der Waals surface area contributed by atoms with Gasteiger partial charge in [-0.3, -0.25) is 14.9 Å². The Labute approximate surface area is 160 Å². The molecule has 27 heavy (non-hydrogen) atoms. The number of likely N-dealkylation sites (tertiary alicyclic amines) is 1. The number of rotatable bonds is 4. The highest BCUT2D eigenvalue weighted by atomic mass is 32.1. The van der Waals surface area contributed by atoms with E-state index in [9.17, 15) is 9.59 Å². The van der Waals surface area contributed by atoms with Gasteiger partial charge in [-0.1, -0.05) is 0 Å². The van der Waals surface area contributed by atoms with Crippen LogP contribution in [0.1, 0.15) is 45.4 Å². The standard InChI is InChI=1S/C19H21N5O2S/c1-11-7-14-15(8-12(11)2)22-19(21-14)23-17(26)16-9-27-18(20-16)13-3-5-24(10-25)6-4-13/h7-10,13H,3-6H2,1-2H3,(H2,21,22,23,26). The number of hydrogen-bond acceptors (Lipinski definition) is 5. The second-order valence-electron chi connectivity index (χ2n) is 6.98. The number of nitrogens with zero attached hydrogens (tertiary/aromatic N) is 3. The second kappa shape index (κ2) is 7.11. The molecule has 1 aliphatic heterocycles. The molecule has 2 aromatic heterocycles.